The van der Waals surface area contributed by atoms with Gasteiger partial charge in [-0.2, -0.15) is 0 Å². The van der Waals surface area contributed by atoms with E-state index in [1.165, 1.54) is 58.2 Å². The maximum atomic E-state index is 3.53. The van der Waals surface area contributed by atoms with Crippen molar-refractivity contribution in [1.82, 2.24) is 4.90 Å². The summed E-state index contributed by atoms with van der Waals surface area (Å²) in [5.41, 5.74) is 0. The van der Waals surface area contributed by atoms with Crippen molar-refractivity contribution in [1.29, 1.82) is 0 Å². The van der Waals surface area contributed by atoms with E-state index in [0.29, 0.717) is 0 Å². The van der Waals surface area contributed by atoms with Crippen molar-refractivity contribution in [2.75, 3.05) is 25.0 Å². The second-order valence-electron chi connectivity index (χ2n) is 5.42. The number of hydrogen-bond acceptors (Lipinski definition) is 1. The quantitative estimate of drug-likeness (QED) is 0.659. The van der Waals surface area contributed by atoms with Crippen molar-refractivity contribution in [3.05, 3.63) is 0 Å². The van der Waals surface area contributed by atoms with Gasteiger partial charge in [0.2, 0.25) is 0 Å². The Kier molecular flexibility index (Phi) is 7.72. The normalized spacial score (nSPS) is 25.3. The van der Waals surface area contributed by atoms with Gasteiger partial charge in [-0.05, 0) is 63.6 Å². The third kappa shape index (κ3) is 5.67. The summed E-state index contributed by atoms with van der Waals surface area (Å²) in [6, 6.07) is 0. The smallest absolute Gasteiger partial charge is 0.00338 e. The molecule has 1 nitrogen and oxygen atoms in total. The number of likely N-dealkylation sites (tertiary alicyclic amines) is 1. The van der Waals surface area contributed by atoms with E-state index in [0.717, 1.165) is 17.2 Å². The van der Waals surface area contributed by atoms with Crippen LogP contribution in [0, 0.1) is 11.8 Å². The molecule has 1 saturated heterocycles. The summed E-state index contributed by atoms with van der Waals surface area (Å²) in [4.78, 5) is 2.69. The van der Waals surface area contributed by atoms with E-state index in [9.17, 15) is 0 Å². The molecule has 0 radical (unpaired) electrons. The van der Waals surface area contributed by atoms with Gasteiger partial charge in [0.05, 0.1) is 0 Å². The third-order valence-electron chi connectivity index (χ3n) is 4.06. The third-order valence-corrected chi connectivity index (χ3v) is 4.52. The minimum Gasteiger partial charge on any atom is -0.303 e. The molecule has 0 aromatic heterocycles. The molecule has 2 heteroatoms. The predicted octanol–water partition coefficient (Wildman–Crippen LogP) is 4.31. The molecule has 1 rings (SSSR count). The van der Waals surface area contributed by atoms with Crippen LogP contribution in [0.2, 0.25) is 0 Å². The summed E-state index contributed by atoms with van der Waals surface area (Å²) >= 11 is 3.53. The summed E-state index contributed by atoms with van der Waals surface area (Å²) in [5.74, 6) is 1.88. The number of nitrogens with zero attached hydrogens (tertiary/aromatic N) is 1. The fourth-order valence-electron chi connectivity index (χ4n) is 2.59. The summed E-state index contributed by atoms with van der Waals surface area (Å²) in [6.45, 7) is 8.74. The van der Waals surface area contributed by atoms with E-state index in [2.05, 4.69) is 34.7 Å². The summed E-state index contributed by atoms with van der Waals surface area (Å²) in [7, 11) is 0. The lowest BCUT2D eigenvalue weighted by atomic mass is 9.98. The first-order valence-corrected chi connectivity index (χ1v) is 8.16. The van der Waals surface area contributed by atoms with Gasteiger partial charge in [0, 0.05) is 5.33 Å². The van der Waals surface area contributed by atoms with E-state index in [1.54, 1.807) is 0 Å². The fraction of sp³-hybridized carbons (Fsp3) is 1.00. The standard InChI is InChI=1S/C14H28BrN/c1-3-14-5-4-10-16(12-8-14)11-7-13(2)6-9-15/h13-14H,3-12H2,1-2H3. The molecule has 1 fully saturated rings. The lowest BCUT2D eigenvalue weighted by molar-refractivity contribution is 0.259. The monoisotopic (exact) mass is 289 g/mol. The van der Waals surface area contributed by atoms with Gasteiger partial charge in [0.15, 0.2) is 0 Å². The van der Waals surface area contributed by atoms with Crippen LogP contribution in [0.3, 0.4) is 0 Å². The zero-order valence-corrected chi connectivity index (χ0v) is 12.6. The van der Waals surface area contributed by atoms with Crippen molar-refractivity contribution in [3.63, 3.8) is 0 Å². The molecule has 0 aliphatic carbocycles. The number of hydrogen-bond donors (Lipinski definition) is 0. The summed E-state index contributed by atoms with van der Waals surface area (Å²) in [5, 5.41) is 1.16. The second kappa shape index (κ2) is 8.52. The van der Waals surface area contributed by atoms with E-state index in [1.807, 2.05) is 0 Å². The molecule has 1 aliphatic rings. The first-order valence-electron chi connectivity index (χ1n) is 7.04. The Hall–Kier alpha value is 0.440. The molecule has 1 heterocycles. The van der Waals surface area contributed by atoms with Crippen LogP contribution < -0.4 is 0 Å². The summed E-state index contributed by atoms with van der Waals surface area (Å²) in [6.07, 6.45) is 8.40. The molecular weight excluding hydrogens is 262 g/mol. The molecule has 0 aromatic carbocycles. The number of alkyl halides is 1. The van der Waals surface area contributed by atoms with Gasteiger partial charge in [-0.15, -0.1) is 0 Å². The minimum atomic E-state index is 0.879. The molecule has 0 spiro atoms. The average Bonchev–Trinajstić information content (AvgIpc) is 2.51. The van der Waals surface area contributed by atoms with Crippen LogP contribution >= 0.6 is 15.9 Å². The highest BCUT2D eigenvalue weighted by Gasteiger charge is 2.15. The van der Waals surface area contributed by atoms with Crippen LogP contribution in [-0.2, 0) is 0 Å². The van der Waals surface area contributed by atoms with E-state index in [-0.39, 0.29) is 0 Å². The van der Waals surface area contributed by atoms with Crippen molar-refractivity contribution in [2.45, 2.75) is 52.4 Å². The van der Waals surface area contributed by atoms with E-state index in [4.69, 9.17) is 0 Å². The van der Waals surface area contributed by atoms with Crippen LogP contribution in [0.4, 0.5) is 0 Å². The first-order chi connectivity index (χ1) is 7.76. The van der Waals surface area contributed by atoms with Crippen molar-refractivity contribution >= 4 is 15.9 Å². The highest BCUT2D eigenvalue weighted by molar-refractivity contribution is 9.09. The second-order valence-corrected chi connectivity index (χ2v) is 6.21. The largest absolute Gasteiger partial charge is 0.303 e. The highest BCUT2D eigenvalue weighted by atomic mass is 79.9. The molecule has 0 N–H and O–H groups in total. The molecule has 2 atom stereocenters. The van der Waals surface area contributed by atoms with Gasteiger partial charge in [-0.3, -0.25) is 0 Å². The van der Waals surface area contributed by atoms with Gasteiger partial charge >= 0.3 is 0 Å². The molecule has 0 bridgehead atoms. The van der Waals surface area contributed by atoms with Crippen LogP contribution in [0.1, 0.15) is 52.4 Å². The Morgan fingerprint density at radius 3 is 2.75 bits per heavy atom. The topological polar surface area (TPSA) is 3.24 Å². The van der Waals surface area contributed by atoms with Crippen molar-refractivity contribution in [3.8, 4) is 0 Å². The Labute approximate surface area is 110 Å². The van der Waals surface area contributed by atoms with Crippen molar-refractivity contribution in [2.24, 2.45) is 11.8 Å². The Bertz CT molecular complexity index is 172. The molecule has 0 saturated carbocycles. The number of halogens is 1. The summed E-state index contributed by atoms with van der Waals surface area (Å²) < 4.78 is 0. The zero-order valence-electron chi connectivity index (χ0n) is 11.1. The van der Waals surface area contributed by atoms with Gasteiger partial charge in [0.25, 0.3) is 0 Å². The van der Waals surface area contributed by atoms with E-state index < -0.39 is 0 Å². The molecular formula is C14H28BrN. The Morgan fingerprint density at radius 2 is 2.06 bits per heavy atom. The molecule has 2 unspecified atom stereocenters. The van der Waals surface area contributed by atoms with Crippen LogP contribution in [0.5, 0.6) is 0 Å². The molecule has 0 amide bonds. The predicted molar refractivity (Wildman–Crippen MR) is 76.3 cm³/mol. The van der Waals surface area contributed by atoms with Gasteiger partial charge < -0.3 is 4.90 Å². The lowest BCUT2D eigenvalue weighted by Gasteiger charge is -2.21. The van der Waals surface area contributed by atoms with Crippen LogP contribution in [-0.4, -0.2) is 29.9 Å². The maximum absolute atomic E-state index is 3.53. The van der Waals surface area contributed by atoms with Gasteiger partial charge in [0.1, 0.15) is 0 Å². The molecule has 96 valence electrons. The molecule has 1 aliphatic heterocycles. The highest BCUT2D eigenvalue weighted by Crippen LogP contribution is 2.21. The lowest BCUT2D eigenvalue weighted by Crippen LogP contribution is -2.27. The maximum Gasteiger partial charge on any atom is 0.00338 e. The van der Waals surface area contributed by atoms with E-state index >= 15 is 0 Å². The Morgan fingerprint density at radius 1 is 1.25 bits per heavy atom. The minimum absolute atomic E-state index is 0.879. The first kappa shape index (κ1) is 14.5. The number of rotatable bonds is 6. The Balaban J connectivity index is 2.17. The van der Waals surface area contributed by atoms with Gasteiger partial charge in [-0.25, -0.2) is 0 Å². The average molecular weight is 290 g/mol. The van der Waals surface area contributed by atoms with Crippen LogP contribution in [0.15, 0.2) is 0 Å². The molecule has 0 aromatic rings. The molecule has 16 heavy (non-hydrogen) atoms. The van der Waals surface area contributed by atoms with Crippen molar-refractivity contribution < 1.29 is 0 Å². The fourth-order valence-corrected chi connectivity index (χ4v) is 3.37. The van der Waals surface area contributed by atoms with Gasteiger partial charge in [-0.1, -0.05) is 36.2 Å². The zero-order chi connectivity index (χ0) is 11.8. The van der Waals surface area contributed by atoms with Crippen LogP contribution in [0.25, 0.3) is 0 Å². The SMILES string of the molecule is CCC1CCCN(CCC(C)CCBr)CC1.